The number of nitrogens with zero attached hydrogens (tertiary/aromatic N) is 2. The van der Waals surface area contributed by atoms with Gasteiger partial charge in [0.25, 0.3) is 0 Å². The molecule has 0 spiro atoms. The molecule has 2 heterocycles. The zero-order valence-electron chi connectivity index (χ0n) is 19.9. The van der Waals surface area contributed by atoms with Crippen LogP contribution in [0.3, 0.4) is 0 Å². The van der Waals surface area contributed by atoms with Crippen molar-refractivity contribution in [1.29, 1.82) is 10.5 Å². The van der Waals surface area contributed by atoms with E-state index >= 15 is 0 Å². The van der Waals surface area contributed by atoms with Crippen molar-refractivity contribution in [1.82, 2.24) is 0 Å². The molecule has 2 aliphatic heterocycles. The standard InChI is InChI=1S/C28H24N2S6/c1-19-25(31-17-9-15-29)35-27(33-19)23(21-11-5-3-6-12-21)24(22-13-7-4-8-14-22)28-34-20(2)26(36-28)32-18-10-16-30/h3-8,11-14H,9-10,17-18H2,1-2H3/b27-23-,28-24-. The highest BCUT2D eigenvalue weighted by Crippen LogP contribution is 2.61. The van der Waals surface area contributed by atoms with Gasteiger partial charge in [0, 0.05) is 45.3 Å². The lowest BCUT2D eigenvalue weighted by molar-refractivity contribution is 1.24. The summed E-state index contributed by atoms with van der Waals surface area (Å²) in [5.41, 5.74) is 4.94. The summed E-state index contributed by atoms with van der Waals surface area (Å²) in [6.45, 7) is 4.37. The van der Waals surface area contributed by atoms with Gasteiger partial charge in [0.1, 0.15) is 0 Å². The minimum absolute atomic E-state index is 0.557. The molecule has 2 aliphatic rings. The lowest BCUT2D eigenvalue weighted by Gasteiger charge is -2.19. The van der Waals surface area contributed by atoms with E-state index in [-0.39, 0.29) is 0 Å². The van der Waals surface area contributed by atoms with E-state index in [9.17, 15) is 0 Å². The van der Waals surface area contributed by atoms with Gasteiger partial charge < -0.3 is 0 Å². The van der Waals surface area contributed by atoms with E-state index in [1.54, 1.807) is 23.5 Å². The van der Waals surface area contributed by atoms with E-state index < -0.39 is 0 Å². The van der Waals surface area contributed by atoms with Crippen molar-refractivity contribution in [2.45, 2.75) is 26.7 Å². The molecule has 0 fully saturated rings. The molecule has 0 radical (unpaired) electrons. The summed E-state index contributed by atoms with van der Waals surface area (Å²) in [6.07, 6.45) is 1.11. The maximum absolute atomic E-state index is 8.99. The molecule has 0 bridgehead atoms. The molecule has 2 nitrogen and oxygen atoms in total. The van der Waals surface area contributed by atoms with Crippen LogP contribution < -0.4 is 0 Å². The Kier molecular flexibility index (Phi) is 10.6. The van der Waals surface area contributed by atoms with Crippen LogP contribution in [0.1, 0.15) is 37.8 Å². The van der Waals surface area contributed by atoms with Gasteiger partial charge in [-0.15, -0.1) is 23.5 Å². The molecule has 4 rings (SSSR count). The van der Waals surface area contributed by atoms with Crippen LogP contribution in [0.15, 0.2) is 87.4 Å². The summed E-state index contributed by atoms with van der Waals surface area (Å²) < 4.78 is 5.16. The zero-order valence-corrected chi connectivity index (χ0v) is 24.8. The van der Waals surface area contributed by atoms with Gasteiger partial charge in [-0.2, -0.15) is 10.5 Å². The summed E-state index contributed by atoms with van der Waals surface area (Å²) >= 11 is 10.9. The topological polar surface area (TPSA) is 47.6 Å². The van der Waals surface area contributed by atoms with Crippen molar-refractivity contribution in [2.24, 2.45) is 0 Å². The second kappa shape index (κ2) is 13.9. The average Bonchev–Trinajstić information content (AvgIpc) is 3.45. The zero-order chi connectivity index (χ0) is 25.3. The third-order valence-corrected chi connectivity index (χ3v) is 13.4. The predicted octanol–water partition coefficient (Wildman–Crippen LogP) is 10.4. The maximum atomic E-state index is 8.99. The number of rotatable bonds is 9. The number of benzene rings is 2. The smallest absolute Gasteiger partial charge is 0.0630 e. The quantitative estimate of drug-likeness (QED) is 0.271. The van der Waals surface area contributed by atoms with E-state index in [2.05, 4.69) is 86.6 Å². The lowest BCUT2D eigenvalue weighted by atomic mass is 9.95. The van der Waals surface area contributed by atoms with Crippen molar-refractivity contribution < 1.29 is 0 Å². The Morgan fingerprint density at radius 2 is 1.03 bits per heavy atom. The van der Waals surface area contributed by atoms with Gasteiger partial charge in [-0.05, 0) is 25.0 Å². The van der Waals surface area contributed by atoms with Gasteiger partial charge in [-0.25, -0.2) is 0 Å². The Hall–Kier alpha value is -1.52. The molecular formula is C28H24N2S6. The van der Waals surface area contributed by atoms with E-state index in [1.165, 1.54) is 49.0 Å². The highest BCUT2D eigenvalue weighted by atomic mass is 32.2. The van der Waals surface area contributed by atoms with Gasteiger partial charge in [0.05, 0.1) is 29.1 Å². The minimum atomic E-state index is 0.557. The van der Waals surface area contributed by atoms with Crippen LogP contribution in [-0.2, 0) is 0 Å². The Balaban J connectivity index is 1.81. The third-order valence-electron chi connectivity index (χ3n) is 5.11. The summed E-state index contributed by atoms with van der Waals surface area (Å²) in [6, 6.07) is 25.9. The van der Waals surface area contributed by atoms with Crippen molar-refractivity contribution in [2.75, 3.05) is 11.5 Å². The van der Waals surface area contributed by atoms with Gasteiger partial charge >= 0.3 is 0 Å². The second-order valence-electron chi connectivity index (χ2n) is 7.67. The number of hydrogen-bond donors (Lipinski definition) is 0. The summed E-state index contributed by atoms with van der Waals surface area (Å²) in [5, 5.41) is 18.0. The van der Waals surface area contributed by atoms with Gasteiger partial charge in [-0.3, -0.25) is 0 Å². The summed E-state index contributed by atoms with van der Waals surface area (Å²) in [7, 11) is 0. The van der Waals surface area contributed by atoms with Gasteiger partial charge in [0.2, 0.25) is 0 Å². The fourth-order valence-electron chi connectivity index (χ4n) is 3.50. The molecule has 0 N–H and O–H groups in total. The normalized spacial score (nSPS) is 18.3. The lowest BCUT2D eigenvalue weighted by Crippen LogP contribution is -1.95. The van der Waals surface area contributed by atoms with Crippen LogP contribution in [0, 0.1) is 22.7 Å². The predicted molar refractivity (Wildman–Crippen MR) is 168 cm³/mol. The largest absolute Gasteiger partial charge is 0.198 e. The van der Waals surface area contributed by atoms with Gasteiger partial charge in [0.15, 0.2) is 0 Å². The monoisotopic (exact) mass is 580 g/mol. The first-order valence-electron chi connectivity index (χ1n) is 11.3. The first-order valence-corrected chi connectivity index (χ1v) is 16.6. The molecule has 0 aromatic heterocycles. The summed E-state index contributed by atoms with van der Waals surface area (Å²) in [5.74, 6) is 1.63. The molecule has 0 atom stereocenters. The van der Waals surface area contributed by atoms with Crippen molar-refractivity contribution >= 4 is 81.7 Å². The number of thioether (sulfide) groups is 6. The molecule has 0 saturated carbocycles. The Morgan fingerprint density at radius 1 is 0.639 bits per heavy atom. The fraction of sp³-hybridized carbons (Fsp3) is 0.214. The molecule has 0 amide bonds. The first kappa shape index (κ1) is 27.5. The number of nitriles is 2. The molecule has 0 aliphatic carbocycles. The van der Waals surface area contributed by atoms with Crippen molar-refractivity contribution in [3.05, 3.63) is 98.5 Å². The molecule has 8 heteroatoms. The Bertz CT molecular complexity index is 1210. The average molecular weight is 581 g/mol. The second-order valence-corrected chi connectivity index (χ2v) is 15.4. The van der Waals surface area contributed by atoms with Crippen molar-refractivity contribution in [3.63, 3.8) is 0 Å². The fourth-order valence-corrected chi connectivity index (χ4v) is 11.8. The van der Waals surface area contributed by atoms with Crippen LogP contribution >= 0.6 is 70.6 Å². The first-order chi connectivity index (χ1) is 17.6. The molecule has 0 unspecified atom stereocenters. The van der Waals surface area contributed by atoms with Crippen LogP contribution in [0.2, 0.25) is 0 Å². The molecular weight excluding hydrogens is 557 g/mol. The van der Waals surface area contributed by atoms with E-state index in [1.807, 2.05) is 47.0 Å². The molecule has 2 aromatic rings. The summed E-state index contributed by atoms with van der Waals surface area (Å²) in [4.78, 5) is 2.61. The van der Waals surface area contributed by atoms with Crippen LogP contribution in [-0.4, -0.2) is 11.5 Å². The number of hydrogen-bond acceptors (Lipinski definition) is 8. The van der Waals surface area contributed by atoms with Crippen LogP contribution in [0.5, 0.6) is 0 Å². The molecule has 2 aromatic carbocycles. The van der Waals surface area contributed by atoms with Crippen LogP contribution in [0.4, 0.5) is 0 Å². The van der Waals surface area contributed by atoms with E-state index in [0.717, 1.165) is 11.5 Å². The maximum Gasteiger partial charge on any atom is 0.0630 e. The molecule has 182 valence electrons. The molecule has 36 heavy (non-hydrogen) atoms. The Labute approximate surface area is 239 Å². The van der Waals surface area contributed by atoms with Crippen LogP contribution in [0.25, 0.3) is 11.1 Å². The highest BCUT2D eigenvalue weighted by Gasteiger charge is 2.29. The SMILES string of the molecule is CC1=C(SCCC#N)S/C(=C(\C(=C2\SC(C)=C(SCCC#N)S2)c2ccccc2)c2ccccc2)S1. The van der Waals surface area contributed by atoms with Gasteiger partial charge in [-0.1, -0.05) is 108 Å². The number of allylic oxidation sites excluding steroid dienone is 4. The Morgan fingerprint density at radius 3 is 1.39 bits per heavy atom. The third kappa shape index (κ3) is 6.86. The highest BCUT2D eigenvalue weighted by molar-refractivity contribution is 8.36. The van der Waals surface area contributed by atoms with Crippen molar-refractivity contribution in [3.8, 4) is 12.1 Å². The minimum Gasteiger partial charge on any atom is -0.198 e. The van der Waals surface area contributed by atoms with E-state index in [0.29, 0.717) is 12.8 Å². The molecule has 0 saturated heterocycles. The van der Waals surface area contributed by atoms with E-state index in [4.69, 9.17) is 10.5 Å².